The molecule has 0 aliphatic rings. The van der Waals surface area contributed by atoms with Gasteiger partial charge < -0.3 is 9.47 Å². The van der Waals surface area contributed by atoms with Crippen LogP contribution in [-0.4, -0.2) is 24.7 Å². The summed E-state index contributed by atoms with van der Waals surface area (Å²) < 4.78 is 10.5. The summed E-state index contributed by atoms with van der Waals surface area (Å²) in [6, 6.07) is 9.45. The summed E-state index contributed by atoms with van der Waals surface area (Å²) in [4.78, 5) is 23.1. The molecule has 0 radical (unpaired) electrons. The molecule has 0 bridgehead atoms. The minimum absolute atomic E-state index is 0.283. The number of nitrogens with zero attached hydrogens (tertiary/aromatic N) is 1. The summed E-state index contributed by atoms with van der Waals surface area (Å²) in [5, 5.41) is 4.54. The topological polar surface area (TPSA) is 77.0 Å². The molecule has 0 aliphatic heterocycles. The van der Waals surface area contributed by atoms with Gasteiger partial charge in [-0.3, -0.25) is 9.59 Å². The maximum absolute atomic E-state index is 12.0. The monoisotopic (exact) mass is 394 g/mol. The molecule has 1 amide bonds. The summed E-state index contributed by atoms with van der Waals surface area (Å²) in [7, 11) is 0. The van der Waals surface area contributed by atoms with Gasteiger partial charge in [0.05, 0.1) is 22.9 Å². The maximum Gasteiger partial charge on any atom is 0.308 e. The van der Waals surface area contributed by atoms with Crippen molar-refractivity contribution in [2.75, 3.05) is 6.61 Å². The smallest absolute Gasteiger partial charge is 0.308 e. The first kappa shape index (κ1) is 19.8. The molecular weight excluding hydrogens is 379 g/mol. The fraction of sp³-hybridized carbons (Fsp3) is 0.167. The molecule has 2 rings (SSSR count). The van der Waals surface area contributed by atoms with Gasteiger partial charge in [0.2, 0.25) is 0 Å². The van der Waals surface area contributed by atoms with Crippen molar-refractivity contribution in [3.05, 3.63) is 57.6 Å². The van der Waals surface area contributed by atoms with Crippen molar-refractivity contribution in [1.29, 1.82) is 0 Å². The maximum atomic E-state index is 12.0. The molecule has 0 saturated heterocycles. The van der Waals surface area contributed by atoms with Crippen LogP contribution >= 0.6 is 23.2 Å². The van der Waals surface area contributed by atoms with Crippen LogP contribution in [0.2, 0.25) is 10.0 Å². The summed E-state index contributed by atoms with van der Waals surface area (Å²) in [6.45, 7) is 3.53. The largest absolute Gasteiger partial charge is 0.490 e. The van der Waals surface area contributed by atoms with Crippen molar-refractivity contribution in [3.63, 3.8) is 0 Å². The number of ether oxygens (including phenoxy) is 2. The second kappa shape index (κ2) is 9.22. The molecule has 136 valence electrons. The number of esters is 1. The third-order valence-electron chi connectivity index (χ3n) is 3.08. The van der Waals surface area contributed by atoms with E-state index < -0.39 is 11.9 Å². The first-order valence-corrected chi connectivity index (χ1v) is 8.40. The predicted molar refractivity (Wildman–Crippen MR) is 100 cm³/mol. The Bertz CT molecular complexity index is 853. The lowest BCUT2D eigenvalue weighted by Gasteiger charge is -2.10. The van der Waals surface area contributed by atoms with E-state index in [9.17, 15) is 9.59 Å². The summed E-state index contributed by atoms with van der Waals surface area (Å²) >= 11 is 11.7. The van der Waals surface area contributed by atoms with Crippen molar-refractivity contribution in [2.45, 2.75) is 13.8 Å². The zero-order valence-electron chi connectivity index (χ0n) is 14.1. The van der Waals surface area contributed by atoms with Crippen molar-refractivity contribution in [2.24, 2.45) is 5.10 Å². The van der Waals surface area contributed by atoms with Crippen LogP contribution in [0.25, 0.3) is 0 Å². The number of hydrogen-bond donors (Lipinski definition) is 1. The fourth-order valence-corrected chi connectivity index (χ4v) is 2.28. The van der Waals surface area contributed by atoms with Crippen molar-refractivity contribution >= 4 is 41.3 Å². The number of hydrogen-bond acceptors (Lipinski definition) is 5. The molecule has 0 heterocycles. The van der Waals surface area contributed by atoms with Crippen LogP contribution in [0.4, 0.5) is 0 Å². The molecule has 0 spiro atoms. The van der Waals surface area contributed by atoms with Crippen LogP contribution in [0.5, 0.6) is 11.5 Å². The number of halogens is 2. The van der Waals surface area contributed by atoms with Gasteiger partial charge in [0.1, 0.15) is 0 Å². The highest BCUT2D eigenvalue weighted by Gasteiger charge is 2.09. The highest BCUT2D eigenvalue weighted by Crippen LogP contribution is 2.28. The van der Waals surface area contributed by atoms with Gasteiger partial charge in [-0.1, -0.05) is 23.2 Å². The van der Waals surface area contributed by atoms with Crippen LogP contribution in [0, 0.1) is 0 Å². The second-order valence-electron chi connectivity index (χ2n) is 5.06. The standard InChI is InChI=1S/C18H16Cl2N2O4/c1-3-25-17-8-12(4-7-16(17)26-11(2)23)10-21-22-18(24)13-5-6-14(19)15(20)9-13/h4-10H,3H2,1-2H3,(H,22,24)/b21-10-. The molecular formula is C18H16Cl2N2O4. The van der Waals surface area contributed by atoms with Gasteiger partial charge in [-0.15, -0.1) is 0 Å². The van der Waals surface area contributed by atoms with Gasteiger partial charge in [0, 0.05) is 12.5 Å². The van der Waals surface area contributed by atoms with Gasteiger partial charge >= 0.3 is 5.97 Å². The third-order valence-corrected chi connectivity index (χ3v) is 3.82. The van der Waals surface area contributed by atoms with Crippen LogP contribution in [-0.2, 0) is 4.79 Å². The molecule has 6 nitrogen and oxygen atoms in total. The van der Waals surface area contributed by atoms with E-state index in [1.165, 1.54) is 25.3 Å². The molecule has 2 aromatic carbocycles. The SMILES string of the molecule is CCOc1cc(/C=N\NC(=O)c2ccc(Cl)c(Cl)c2)ccc1OC(C)=O. The molecule has 0 saturated carbocycles. The number of amides is 1. The fourth-order valence-electron chi connectivity index (χ4n) is 1.98. The summed E-state index contributed by atoms with van der Waals surface area (Å²) in [6.07, 6.45) is 1.44. The van der Waals surface area contributed by atoms with Crippen LogP contribution < -0.4 is 14.9 Å². The minimum Gasteiger partial charge on any atom is -0.490 e. The lowest BCUT2D eigenvalue weighted by molar-refractivity contribution is -0.132. The van der Waals surface area contributed by atoms with E-state index in [4.69, 9.17) is 32.7 Å². The highest BCUT2D eigenvalue weighted by molar-refractivity contribution is 6.42. The molecule has 0 aromatic heterocycles. The van der Waals surface area contributed by atoms with Crippen LogP contribution in [0.1, 0.15) is 29.8 Å². The number of hydrazone groups is 1. The van der Waals surface area contributed by atoms with E-state index in [0.717, 1.165) is 0 Å². The molecule has 0 fully saturated rings. The predicted octanol–water partition coefficient (Wildman–Crippen LogP) is 4.08. The quantitative estimate of drug-likeness (QED) is 0.346. The van der Waals surface area contributed by atoms with Crippen molar-refractivity contribution < 1.29 is 19.1 Å². The number of nitrogens with one attached hydrogen (secondary N) is 1. The van der Waals surface area contributed by atoms with E-state index in [1.807, 2.05) is 6.92 Å². The van der Waals surface area contributed by atoms with E-state index in [1.54, 1.807) is 24.3 Å². The molecule has 1 N–H and O–H groups in total. The molecule has 0 unspecified atom stereocenters. The molecule has 8 heteroatoms. The number of benzene rings is 2. The molecule has 2 aromatic rings. The van der Waals surface area contributed by atoms with Crippen LogP contribution in [0.3, 0.4) is 0 Å². The Labute approximate surface area is 160 Å². The Balaban J connectivity index is 2.09. The van der Waals surface area contributed by atoms with E-state index in [2.05, 4.69) is 10.5 Å². The molecule has 0 aliphatic carbocycles. The minimum atomic E-state index is -0.443. The Morgan fingerprint density at radius 1 is 1.12 bits per heavy atom. The second-order valence-corrected chi connectivity index (χ2v) is 5.88. The third kappa shape index (κ3) is 5.47. The Morgan fingerprint density at radius 3 is 2.54 bits per heavy atom. The Kier molecular flexibility index (Phi) is 7.00. The molecule has 26 heavy (non-hydrogen) atoms. The average Bonchev–Trinajstić information content (AvgIpc) is 2.59. The van der Waals surface area contributed by atoms with E-state index >= 15 is 0 Å². The van der Waals surface area contributed by atoms with Crippen molar-refractivity contribution in [1.82, 2.24) is 5.43 Å². The average molecular weight is 395 g/mol. The zero-order chi connectivity index (χ0) is 19.1. The number of rotatable bonds is 6. The lowest BCUT2D eigenvalue weighted by atomic mass is 10.2. The lowest BCUT2D eigenvalue weighted by Crippen LogP contribution is -2.17. The number of carbonyl (C=O) groups is 2. The first-order valence-electron chi connectivity index (χ1n) is 7.64. The molecule has 0 atom stereocenters. The summed E-state index contributed by atoms with van der Waals surface area (Å²) in [5.74, 6) is -0.151. The number of carbonyl (C=O) groups excluding carboxylic acids is 2. The normalized spacial score (nSPS) is 10.6. The van der Waals surface area contributed by atoms with E-state index in [-0.39, 0.29) is 5.02 Å². The van der Waals surface area contributed by atoms with Gasteiger partial charge in [0.25, 0.3) is 5.91 Å². The van der Waals surface area contributed by atoms with Gasteiger partial charge in [-0.25, -0.2) is 5.43 Å². The van der Waals surface area contributed by atoms with Gasteiger partial charge in [-0.05, 0) is 48.9 Å². The van der Waals surface area contributed by atoms with E-state index in [0.29, 0.717) is 34.3 Å². The summed E-state index contributed by atoms with van der Waals surface area (Å²) in [5.41, 5.74) is 3.38. The van der Waals surface area contributed by atoms with Crippen molar-refractivity contribution in [3.8, 4) is 11.5 Å². The zero-order valence-corrected chi connectivity index (χ0v) is 15.6. The van der Waals surface area contributed by atoms with Gasteiger partial charge in [-0.2, -0.15) is 5.10 Å². The van der Waals surface area contributed by atoms with Gasteiger partial charge in [0.15, 0.2) is 11.5 Å². The highest BCUT2D eigenvalue weighted by atomic mass is 35.5. The Morgan fingerprint density at radius 2 is 1.88 bits per heavy atom. The Hall–Kier alpha value is -2.57. The first-order chi connectivity index (χ1) is 12.4. The van der Waals surface area contributed by atoms with Crippen LogP contribution in [0.15, 0.2) is 41.5 Å².